The number of likely N-dealkylation sites (N-methyl/N-ethyl adjacent to an activating group) is 1. The first-order valence-corrected chi connectivity index (χ1v) is 35.0. The van der Waals surface area contributed by atoms with Gasteiger partial charge in [0.1, 0.15) is 23.9 Å². The smallest absolute Gasteiger partial charge is 0.251 e. The van der Waals surface area contributed by atoms with Crippen molar-refractivity contribution in [1.82, 2.24) is 41.7 Å². The van der Waals surface area contributed by atoms with E-state index in [-0.39, 0.29) is 113 Å². The van der Waals surface area contributed by atoms with Crippen LogP contribution in [-0.2, 0) is 48.4 Å². The highest BCUT2D eigenvalue weighted by Gasteiger charge is 2.48. The number of carbonyl (C=O) groups excluding carboxylic acids is 8. The van der Waals surface area contributed by atoms with Crippen molar-refractivity contribution in [3.63, 3.8) is 0 Å². The predicted octanol–water partition coefficient (Wildman–Crippen LogP) is 6.18. The van der Waals surface area contributed by atoms with Gasteiger partial charge in [0.25, 0.3) is 11.8 Å². The minimum absolute atomic E-state index is 0.000952. The van der Waals surface area contributed by atoms with E-state index in [1.165, 1.54) is 21.9 Å². The zero-order valence-corrected chi connectivity index (χ0v) is 52.4. The van der Waals surface area contributed by atoms with Crippen molar-refractivity contribution in [3.05, 3.63) is 107 Å². The van der Waals surface area contributed by atoms with Gasteiger partial charge in [-0.15, -0.1) is 0 Å². The number of fused-ring (bicyclic) bond motifs is 3. The lowest BCUT2D eigenvalue weighted by atomic mass is 9.76. The summed E-state index contributed by atoms with van der Waals surface area (Å²) in [4.78, 5) is 118. The molecule has 10 rings (SSSR count). The molecule has 4 aromatic rings. The predicted molar refractivity (Wildman–Crippen MR) is 331 cm³/mol. The van der Waals surface area contributed by atoms with Gasteiger partial charge in [0.15, 0.2) is 19.7 Å². The molecule has 88 heavy (non-hydrogen) atoms. The van der Waals surface area contributed by atoms with Gasteiger partial charge in [-0.2, -0.15) is 0 Å². The molecular formula is C66H84N8O12S2. The summed E-state index contributed by atoms with van der Waals surface area (Å²) in [7, 11) is -5.44. The summed E-state index contributed by atoms with van der Waals surface area (Å²) >= 11 is 0. The Hall–Kier alpha value is -7.04. The lowest BCUT2D eigenvalue weighted by Crippen LogP contribution is -2.57. The highest BCUT2D eigenvalue weighted by Crippen LogP contribution is 2.38. The van der Waals surface area contributed by atoms with Gasteiger partial charge in [-0.1, -0.05) is 101 Å². The van der Waals surface area contributed by atoms with Crippen LogP contribution in [0.4, 0.5) is 0 Å². The SMILES string of the molecule is CC[C@@H](C)C(=O)N[C@H](C(=O)N1C[C@@H](NC(=O)c2ccc3cc(C(=O)N[C@H]4C[C@@H](C(=O)N[C@@H]5CCS(=O)(=O)c6ccccc65)N(C(=O)[C@@H](CC(=O)[C@H](C)NC)C5CCCCC5)C4)ccc3c2)C[C@H]1C(=O)N[C@@H]1CCS(=O)(=O)c2ccccc21)C1CCCCC1. The maximum Gasteiger partial charge on any atom is 0.251 e. The monoisotopic (exact) mass is 1240 g/mol. The maximum atomic E-state index is 15.0. The molecule has 0 bridgehead atoms. The van der Waals surface area contributed by atoms with Gasteiger partial charge in [-0.05, 0) is 142 Å². The van der Waals surface area contributed by atoms with Crippen molar-refractivity contribution < 1.29 is 55.2 Å². The van der Waals surface area contributed by atoms with Crippen LogP contribution in [0.25, 0.3) is 10.8 Å². The fourth-order valence-corrected chi connectivity index (χ4v) is 17.5. The standard InChI is InChI=1S/C66H84N8O12S2/c1-5-39(2)60(76)72-59(42-18-10-7-11-19-42)66(82)74-38-48(35-55(74)64(80)71-53-29-31-88(85,86)58-23-15-13-21-50(53)58)69-62(78)46-27-25-43-32-45(26-24-44(43)33-46)61(77)68-47-34-54(63(79)70-52-28-30-87(83,84)57-22-14-12-20-49(52)57)73(37-47)65(81)51(36-56(75)40(3)67-4)41-16-8-6-9-17-41/h12-15,20-27,32-33,39-42,47-48,51-55,59,67H,5-11,16-19,28-31,34-38H2,1-4H3,(H,68,77)(H,69,78)(H,70,79)(H,71,80)(H,72,76)/t39-,40+,47+,48+,51+,52-,53-,54+,55+,59+/m1/s1. The Balaban J connectivity index is 0.855. The minimum atomic E-state index is -3.57. The van der Waals surface area contributed by atoms with Crippen LogP contribution in [0.5, 0.6) is 0 Å². The Labute approximate surface area is 516 Å². The molecule has 4 fully saturated rings. The molecule has 0 aromatic heterocycles. The van der Waals surface area contributed by atoms with Crippen LogP contribution in [0.3, 0.4) is 0 Å². The van der Waals surface area contributed by atoms with Crippen molar-refractivity contribution in [3.8, 4) is 0 Å². The molecule has 20 nitrogen and oxygen atoms in total. The van der Waals surface area contributed by atoms with E-state index in [0.717, 1.165) is 64.2 Å². The first-order chi connectivity index (χ1) is 42.1. The Morgan fingerprint density at radius 1 is 0.557 bits per heavy atom. The number of carbonyl (C=O) groups is 8. The number of sulfone groups is 2. The van der Waals surface area contributed by atoms with Crippen LogP contribution < -0.4 is 31.9 Å². The van der Waals surface area contributed by atoms with E-state index in [9.17, 15) is 50.4 Å². The summed E-state index contributed by atoms with van der Waals surface area (Å²) in [5.41, 5.74) is 1.50. The van der Waals surface area contributed by atoms with Crippen LogP contribution in [0.1, 0.15) is 167 Å². The van der Waals surface area contributed by atoms with Crippen molar-refractivity contribution in [2.45, 2.75) is 182 Å². The summed E-state index contributed by atoms with van der Waals surface area (Å²) in [5, 5.41) is 19.6. The number of amides is 7. The molecule has 6 N–H and O–H groups in total. The Morgan fingerprint density at radius 2 is 1.01 bits per heavy atom. The summed E-state index contributed by atoms with van der Waals surface area (Å²) in [6.07, 6.45) is 9.62. The molecule has 472 valence electrons. The first kappa shape index (κ1) is 64.0. The molecule has 2 saturated carbocycles. The van der Waals surface area contributed by atoms with Crippen molar-refractivity contribution in [2.75, 3.05) is 31.6 Å². The number of rotatable bonds is 19. The van der Waals surface area contributed by atoms with E-state index >= 15 is 4.79 Å². The zero-order valence-electron chi connectivity index (χ0n) is 50.8. The van der Waals surface area contributed by atoms with Gasteiger partial charge < -0.3 is 41.7 Å². The topological polar surface area (TPSA) is 284 Å². The summed E-state index contributed by atoms with van der Waals surface area (Å²) in [5.74, 6) is -4.59. The van der Waals surface area contributed by atoms with E-state index in [0.29, 0.717) is 28.3 Å². The van der Waals surface area contributed by atoms with Crippen molar-refractivity contribution >= 4 is 77.6 Å². The fraction of sp³-hybridized carbons (Fsp3) is 0.545. The number of nitrogens with zero attached hydrogens (tertiary/aromatic N) is 2. The van der Waals surface area contributed by atoms with Crippen LogP contribution in [0.2, 0.25) is 0 Å². The first-order valence-electron chi connectivity index (χ1n) is 31.7. The number of hydrogen-bond donors (Lipinski definition) is 6. The maximum absolute atomic E-state index is 15.0. The van der Waals surface area contributed by atoms with Gasteiger partial charge in [0.05, 0.1) is 39.4 Å². The van der Waals surface area contributed by atoms with Crippen LogP contribution in [0, 0.1) is 23.7 Å². The summed E-state index contributed by atoms with van der Waals surface area (Å²) in [6, 6.07) is 17.0. The van der Waals surface area contributed by atoms with E-state index in [4.69, 9.17) is 0 Å². The van der Waals surface area contributed by atoms with Gasteiger partial charge in [-0.3, -0.25) is 38.4 Å². The molecule has 0 unspecified atom stereocenters. The Kier molecular flexibility index (Phi) is 19.9. The minimum Gasteiger partial charge on any atom is -0.347 e. The normalized spacial score (nSPS) is 24.8. The van der Waals surface area contributed by atoms with Gasteiger partial charge in [0, 0.05) is 54.6 Å². The third-order valence-corrected chi connectivity index (χ3v) is 23.3. The lowest BCUT2D eigenvalue weighted by molar-refractivity contribution is -0.145. The lowest BCUT2D eigenvalue weighted by Gasteiger charge is -2.35. The molecule has 0 radical (unpaired) electrons. The second-order valence-electron chi connectivity index (χ2n) is 25.4. The van der Waals surface area contributed by atoms with Crippen LogP contribution in [0.15, 0.2) is 94.7 Å². The van der Waals surface area contributed by atoms with Crippen LogP contribution >= 0.6 is 0 Å². The Morgan fingerprint density at radius 3 is 1.48 bits per heavy atom. The largest absolute Gasteiger partial charge is 0.347 e. The quantitative estimate of drug-likeness (QED) is 0.0612. The van der Waals surface area contributed by atoms with Crippen molar-refractivity contribution in [1.29, 1.82) is 0 Å². The number of Topliss-reactive ketones (excluding diaryl/α,β-unsaturated/α-hetero) is 1. The molecule has 10 atom stereocenters. The highest BCUT2D eigenvalue weighted by atomic mass is 32.2. The second-order valence-corrected chi connectivity index (χ2v) is 29.5. The van der Waals surface area contributed by atoms with Crippen LogP contribution in [-0.4, -0.2) is 142 Å². The van der Waals surface area contributed by atoms with Gasteiger partial charge in [0.2, 0.25) is 29.5 Å². The van der Waals surface area contributed by atoms with Crippen molar-refractivity contribution in [2.24, 2.45) is 23.7 Å². The number of benzene rings is 4. The van der Waals surface area contributed by atoms with E-state index < -0.39 is 103 Å². The molecule has 4 aromatic carbocycles. The molecule has 7 amide bonds. The summed E-state index contributed by atoms with van der Waals surface area (Å²) < 4.78 is 52.2. The number of hydrogen-bond acceptors (Lipinski definition) is 13. The Bertz CT molecular complexity index is 3340. The van der Waals surface area contributed by atoms with E-state index in [2.05, 4.69) is 31.9 Å². The molecule has 4 heterocycles. The third kappa shape index (κ3) is 14.0. The average Bonchev–Trinajstić information content (AvgIpc) is 2.41. The van der Waals surface area contributed by atoms with E-state index in [1.807, 2.05) is 6.92 Å². The zero-order chi connectivity index (χ0) is 62.6. The average molecular weight is 1250 g/mol. The molecule has 0 spiro atoms. The number of ketones is 1. The molecule has 6 aliphatic rings. The number of nitrogens with one attached hydrogen (secondary N) is 6. The number of likely N-dealkylation sites (tertiary alicyclic amines) is 2. The highest BCUT2D eigenvalue weighted by molar-refractivity contribution is 7.91. The van der Waals surface area contributed by atoms with Gasteiger partial charge >= 0.3 is 0 Å². The second kappa shape index (κ2) is 27.4. The van der Waals surface area contributed by atoms with E-state index in [1.54, 1.807) is 93.7 Å². The summed E-state index contributed by atoms with van der Waals surface area (Å²) in [6.45, 7) is 5.44. The molecule has 2 saturated heterocycles. The molecule has 22 heteroatoms. The van der Waals surface area contributed by atoms with Gasteiger partial charge in [-0.25, -0.2) is 16.8 Å². The molecular weight excluding hydrogens is 1160 g/mol. The third-order valence-electron chi connectivity index (χ3n) is 19.7. The fourth-order valence-electron chi connectivity index (χ4n) is 14.2. The molecule has 2 aliphatic carbocycles. The molecule has 4 aliphatic heterocycles.